The van der Waals surface area contributed by atoms with Crippen LogP contribution in [0.3, 0.4) is 0 Å². The lowest BCUT2D eigenvalue weighted by Gasteiger charge is -2.53. The molecular formula is C22H25N9O7S3. The second-order valence-electron chi connectivity index (χ2n) is 9.48. The summed E-state index contributed by atoms with van der Waals surface area (Å²) >= 11 is 3.47. The highest BCUT2D eigenvalue weighted by molar-refractivity contribution is 8.00. The first kappa shape index (κ1) is 28.8. The monoisotopic (exact) mass is 623 g/mol. The topological polar surface area (TPSA) is 228 Å². The van der Waals surface area contributed by atoms with Gasteiger partial charge in [-0.25, -0.2) is 9.67 Å². The van der Waals surface area contributed by atoms with Crippen LogP contribution in [0.25, 0.3) is 0 Å². The maximum atomic E-state index is 13.2. The van der Waals surface area contributed by atoms with Gasteiger partial charge in [-0.1, -0.05) is 23.0 Å². The predicted octanol–water partition coefficient (Wildman–Crippen LogP) is -0.111. The summed E-state index contributed by atoms with van der Waals surface area (Å²) in [5, 5.41) is 38.6. The van der Waals surface area contributed by atoms with Crippen molar-refractivity contribution in [1.29, 1.82) is 0 Å². The molecule has 0 spiro atoms. The molecule has 0 bridgehead atoms. The normalized spacial score (nSPS) is 25.5. The fourth-order valence-corrected chi connectivity index (χ4v) is 7.69. The standard InChI is InChI=1S/C22H25N9O7S3/c23-20-24-12(7-39-20)14(27-38-11-3-1-2-4-11)16(34)25-15-17(35)30-8-22(19(36)37,9-40-18(15)30)10-41-21-26-28-29-31(21)6-5-13(32)33/h1,3,7,11,15,18H,2,4-6,8-10H2,(H2,23,24)(H,25,34)(H,32,33)(H,36,37)/t11?,15?,18-,22?/m1/s1. The van der Waals surface area contributed by atoms with Gasteiger partial charge in [0.05, 0.1) is 13.0 Å². The molecule has 2 fully saturated rings. The molecule has 3 aliphatic rings. The Hall–Kier alpha value is -3.71. The quantitative estimate of drug-likeness (QED) is 0.0795. The first-order valence-corrected chi connectivity index (χ1v) is 15.3. The van der Waals surface area contributed by atoms with E-state index in [1.165, 1.54) is 21.3 Å². The van der Waals surface area contributed by atoms with Crippen molar-refractivity contribution in [1.82, 2.24) is 35.4 Å². The number of hydrogen-bond donors (Lipinski definition) is 4. The van der Waals surface area contributed by atoms with Crippen LogP contribution < -0.4 is 11.1 Å². The number of aromatic nitrogens is 5. The van der Waals surface area contributed by atoms with E-state index in [1.54, 1.807) is 5.38 Å². The van der Waals surface area contributed by atoms with Crippen molar-refractivity contribution >= 4 is 69.5 Å². The number of hydrogen-bond acceptors (Lipinski definition) is 14. The lowest BCUT2D eigenvalue weighted by molar-refractivity contribution is -0.157. The molecule has 2 saturated heterocycles. The number of carboxylic acid groups (broad SMARTS) is 2. The number of β-lactam (4-membered cyclic amide) rings is 1. The number of nitrogens with two attached hydrogens (primary N) is 1. The molecule has 5 N–H and O–H groups in total. The Bertz CT molecular complexity index is 1410. The summed E-state index contributed by atoms with van der Waals surface area (Å²) in [5.41, 5.74) is 4.54. The highest BCUT2D eigenvalue weighted by Crippen LogP contribution is 2.44. The van der Waals surface area contributed by atoms with E-state index in [1.807, 2.05) is 12.2 Å². The maximum Gasteiger partial charge on any atom is 0.313 e. The second kappa shape index (κ2) is 12.0. The zero-order valence-corrected chi connectivity index (χ0v) is 23.7. The molecule has 4 atom stereocenters. The Morgan fingerprint density at radius 2 is 2.17 bits per heavy atom. The van der Waals surface area contributed by atoms with Crippen LogP contribution >= 0.6 is 34.9 Å². The second-order valence-corrected chi connectivity index (χ2v) is 12.4. The maximum absolute atomic E-state index is 13.2. The molecule has 41 heavy (non-hydrogen) atoms. The molecule has 4 heterocycles. The average Bonchev–Trinajstić information content (AvgIpc) is 3.72. The third kappa shape index (κ3) is 6.15. The summed E-state index contributed by atoms with van der Waals surface area (Å²) in [5.74, 6) is -2.98. The van der Waals surface area contributed by atoms with Crippen molar-refractivity contribution in [3.63, 3.8) is 0 Å². The number of carboxylic acids is 2. The van der Waals surface area contributed by atoms with Crippen molar-refractivity contribution < 1.29 is 34.2 Å². The summed E-state index contributed by atoms with van der Waals surface area (Å²) in [4.78, 5) is 60.7. The molecule has 0 aromatic carbocycles. The summed E-state index contributed by atoms with van der Waals surface area (Å²) in [6.45, 7) is -0.0374. The van der Waals surface area contributed by atoms with Crippen LogP contribution in [0, 0.1) is 5.41 Å². The number of tetrazole rings is 1. The number of fused-ring (bicyclic) bond motifs is 1. The lowest BCUT2D eigenvalue weighted by atomic mass is 9.89. The van der Waals surface area contributed by atoms with Gasteiger partial charge in [0, 0.05) is 23.4 Å². The molecule has 2 aromatic heterocycles. The molecule has 19 heteroatoms. The minimum absolute atomic E-state index is 0.0364. The molecule has 2 amide bonds. The van der Waals surface area contributed by atoms with Crippen LogP contribution in [0.15, 0.2) is 27.8 Å². The molecule has 16 nitrogen and oxygen atoms in total. The molecule has 0 saturated carbocycles. The Balaban J connectivity index is 1.23. The summed E-state index contributed by atoms with van der Waals surface area (Å²) in [6.07, 6.45) is 4.92. The zero-order valence-electron chi connectivity index (χ0n) is 21.3. The highest BCUT2D eigenvalue weighted by atomic mass is 32.2. The smallest absolute Gasteiger partial charge is 0.313 e. The van der Waals surface area contributed by atoms with Gasteiger partial charge in [-0.2, -0.15) is 0 Å². The number of rotatable bonds is 12. The minimum atomic E-state index is -1.31. The number of nitrogen functional groups attached to an aromatic ring is 1. The van der Waals surface area contributed by atoms with Crippen LogP contribution in [0.4, 0.5) is 5.13 Å². The van der Waals surface area contributed by atoms with Gasteiger partial charge in [0.25, 0.3) is 5.91 Å². The molecule has 3 unspecified atom stereocenters. The third-order valence-corrected chi connectivity index (χ3v) is 10.1. The number of nitrogens with zero attached hydrogens (tertiary/aromatic N) is 7. The van der Waals surface area contributed by atoms with Gasteiger partial charge in [-0.3, -0.25) is 19.2 Å². The number of nitrogens with one attached hydrogen (secondary N) is 1. The number of anilines is 1. The zero-order chi connectivity index (χ0) is 29.1. The van der Waals surface area contributed by atoms with Crippen LogP contribution in [0.1, 0.15) is 25.0 Å². The van der Waals surface area contributed by atoms with Gasteiger partial charge in [-0.05, 0) is 29.3 Å². The average molecular weight is 624 g/mol. The van der Waals surface area contributed by atoms with Gasteiger partial charge in [0.1, 0.15) is 28.6 Å². The minimum Gasteiger partial charge on any atom is -0.481 e. The van der Waals surface area contributed by atoms with Crippen molar-refractivity contribution in [2.45, 2.75) is 48.5 Å². The van der Waals surface area contributed by atoms with E-state index in [2.05, 4.69) is 31.0 Å². The van der Waals surface area contributed by atoms with Crippen LogP contribution in [0.5, 0.6) is 0 Å². The van der Waals surface area contributed by atoms with E-state index < -0.39 is 40.6 Å². The van der Waals surface area contributed by atoms with E-state index in [0.717, 1.165) is 35.9 Å². The first-order valence-electron chi connectivity index (χ1n) is 12.4. The van der Waals surface area contributed by atoms with Gasteiger partial charge >= 0.3 is 11.9 Å². The third-order valence-electron chi connectivity index (χ3n) is 6.63. The van der Waals surface area contributed by atoms with Gasteiger partial charge in [0.2, 0.25) is 11.1 Å². The first-order chi connectivity index (χ1) is 19.7. The Kier molecular flexibility index (Phi) is 8.45. The Morgan fingerprint density at radius 1 is 1.34 bits per heavy atom. The van der Waals surface area contributed by atoms with E-state index >= 15 is 0 Å². The van der Waals surface area contributed by atoms with Gasteiger partial charge < -0.3 is 31.0 Å². The summed E-state index contributed by atoms with van der Waals surface area (Å²) < 4.78 is 1.30. The number of aryl methyl sites for hydroxylation is 1. The predicted molar refractivity (Wildman–Crippen MR) is 147 cm³/mol. The number of thioether (sulfide) groups is 2. The molecule has 0 radical (unpaired) electrons. The van der Waals surface area contributed by atoms with Crippen LogP contribution in [0.2, 0.25) is 0 Å². The Labute approximate surface area is 244 Å². The van der Waals surface area contributed by atoms with Crippen LogP contribution in [-0.2, 0) is 30.6 Å². The van der Waals surface area contributed by atoms with E-state index in [4.69, 9.17) is 15.7 Å². The molecule has 1 aliphatic carbocycles. The highest BCUT2D eigenvalue weighted by Gasteiger charge is 2.57. The molecule has 2 aromatic rings. The van der Waals surface area contributed by atoms with Crippen molar-refractivity contribution in [2.24, 2.45) is 10.6 Å². The number of carbonyl (C=O) groups is 4. The van der Waals surface area contributed by atoms with Crippen molar-refractivity contribution in [3.05, 3.63) is 23.2 Å². The van der Waals surface area contributed by atoms with E-state index in [9.17, 15) is 24.3 Å². The largest absolute Gasteiger partial charge is 0.481 e. The molecular weight excluding hydrogens is 598 g/mol. The number of thiazole rings is 1. The summed E-state index contributed by atoms with van der Waals surface area (Å²) in [7, 11) is 0. The van der Waals surface area contributed by atoms with Crippen molar-refractivity contribution in [3.8, 4) is 0 Å². The van der Waals surface area contributed by atoms with E-state index in [-0.39, 0.29) is 58.8 Å². The van der Waals surface area contributed by atoms with Gasteiger partial charge in [0.15, 0.2) is 10.8 Å². The molecule has 2 aliphatic heterocycles. The van der Waals surface area contributed by atoms with Gasteiger partial charge in [-0.15, -0.1) is 28.2 Å². The SMILES string of the molecule is Nc1nc(C(=NOC2C=CCC2)C(=O)NC2C(=O)N3CC(CSc4nnnn4CCC(=O)O)(C(=O)O)CS[C@H]23)cs1. The molecule has 218 valence electrons. The van der Waals surface area contributed by atoms with E-state index in [0.29, 0.717) is 0 Å². The number of aliphatic carboxylic acids is 2. The fourth-order valence-electron chi connectivity index (χ4n) is 4.37. The Morgan fingerprint density at radius 3 is 2.85 bits per heavy atom. The number of amides is 2. The van der Waals surface area contributed by atoms with Crippen molar-refractivity contribution in [2.75, 3.05) is 23.8 Å². The number of allylic oxidation sites excluding steroid dienone is 1. The number of oxime groups is 1. The fraction of sp³-hybridized carbons (Fsp3) is 0.500. The van der Waals surface area contributed by atoms with Crippen LogP contribution in [-0.4, -0.2) is 105 Å². The molecule has 5 rings (SSSR count). The lowest BCUT2D eigenvalue weighted by Crippen LogP contribution is -2.74. The summed E-state index contributed by atoms with van der Waals surface area (Å²) in [6, 6.07) is -0.886. The number of carbonyl (C=O) groups excluding carboxylic acids is 2.